The van der Waals surface area contributed by atoms with Crippen LogP contribution < -0.4 is 10.6 Å². The Balaban J connectivity index is 1.60. The minimum absolute atomic E-state index is 0.00693. The number of carbonyl (C=O) groups excluding carboxylic acids is 2. The van der Waals surface area contributed by atoms with Crippen LogP contribution in [0.25, 0.3) is 0 Å². The number of hydrogen-bond donors (Lipinski definition) is 2. The highest BCUT2D eigenvalue weighted by Gasteiger charge is 2.16. The highest BCUT2D eigenvalue weighted by atomic mass is 35.5. The first-order chi connectivity index (χ1) is 14.4. The van der Waals surface area contributed by atoms with E-state index in [1.807, 2.05) is 0 Å². The number of nitrogens with zero attached hydrogens (tertiary/aromatic N) is 1. The first kappa shape index (κ1) is 21.5. The zero-order valence-corrected chi connectivity index (χ0v) is 17.1. The molecule has 1 heterocycles. The molecular weight excluding hydrogens is 409 g/mol. The van der Waals surface area contributed by atoms with Crippen LogP contribution in [0.1, 0.15) is 21.7 Å². The predicted octanol–water partition coefficient (Wildman–Crippen LogP) is 4.07. The molecule has 3 rings (SSSR count). The topological polar surface area (TPSA) is 74.6 Å². The Bertz CT molecular complexity index is 1000. The van der Waals surface area contributed by atoms with E-state index in [1.165, 1.54) is 18.4 Å². The summed E-state index contributed by atoms with van der Waals surface area (Å²) in [4.78, 5) is 26.6. The van der Waals surface area contributed by atoms with Crippen LogP contribution in [-0.4, -0.2) is 30.3 Å². The Morgan fingerprint density at radius 3 is 2.63 bits per heavy atom. The van der Waals surface area contributed by atoms with Crippen LogP contribution >= 0.6 is 11.6 Å². The van der Waals surface area contributed by atoms with Gasteiger partial charge in [-0.1, -0.05) is 29.8 Å². The summed E-state index contributed by atoms with van der Waals surface area (Å²) < 4.78 is 19.1. The summed E-state index contributed by atoms with van der Waals surface area (Å²) in [5.74, 6) is -0.475. The summed E-state index contributed by atoms with van der Waals surface area (Å²) >= 11 is 6.04. The molecule has 2 N–H and O–H groups in total. The lowest BCUT2D eigenvalue weighted by molar-refractivity contribution is -0.117. The van der Waals surface area contributed by atoms with Crippen molar-refractivity contribution in [2.45, 2.75) is 13.1 Å². The average Bonchev–Trinajstić information content (AvgIpc) is 3.23. The van der Waals surface area contributed by atoms with Crippen LogP contribution in [0.3, 0.4) is 0 Å². The van der Waals surface area contributed by atoms with Crippen molar-refractivity contribution < 1.29 is 18.4 Å². The van der Waals surface area contributed by atoms with E-state index in [4.69, 9.17) is 16.0 Å². The van der Waals surface area contributed by atoms with E-state index in [-0.39, 0.29) is 31.4 Å². The molecule has 0 bridgehead atoms. The standard InChI is InChI=1S/C22H21ClFN3O3/c1-27(13-17-18(23)8-4-9-19(17)24)14-21(28)26-20-10-3-2-7-16(20)22(29)25-12-15-6-5-11-30-15/h2-11H,12-14H2,1H3,(H,25,29)(H,26,28). The van der Waals surface area contributed by atoms with Gasteiger partial charge >= 0.3 is 0 Å². The number of para-hydroxylation sites is 1. The summed E-state index contributed by atoms with van der Waals surface area (Å²) in [6, 6.07) is 14.7. The predicted molar refractivity (Wildman–Crippen MR) is 113 cm³/mol. The molecule has 0 unspecified atom stereocenters. The molecule has 6 nitrogen and oxygen atoms in total. The number of hydrogen-bond acceptors (Lipinski definition) is 4. The molecule has 8 heteroatoms. The molecule has 2 aromatic carbocycles. The maximum atomic E-state index is 13.9. The molecule has 0 aliphatic carbocycles. The van der Waals surface area contributed by atoms with Crippen LogP contribution in [0.5, 0.6) is 0 Å². The number of halogens is 2. The van der Waals surface area contributed by atoms with E-state index in [0.717, 1.165) is 0 Å². The van der Waals surface area contributed by atoms with Crippen molar-refractivity contribution in [1.82, 2.24) is 10.2 Å². The van der Waals surface area contributed by atoms with E-state index in [0.29, 0.717) is 27.6 Å². The van der Waals surface area contributed by atoms with Gasteiger partial charge in [0.05, 0.1) is 30.6 Å². The fraction of sp³-hybridized carbons (Fsp3) is 0.182. The molecule has 0 atom stereocenters. The highest BCUT2D eigenvalue weighted by molar-refractivity contribution is 6.31. The Kier molecular flexibility index (Phi) is 7.21. The van der Waals surface area contributed by atoms with Crippen molar-refractivity contribution in [3.05, 3.63) is 88.6 Å². The third-order valence-electron chi connectivity index (χ3n) is 4.35. The second-order valence-corrected chi connectivity index (χ2v) is 7.14. The molecule has 0 aliphatic heterocycles. The van der Waals surface area contributed by atoms with Gasteiger partial charge in [-0.2, -0.15) is 0 Å². The van der Waals surface area contributed by atoms with Crippen LogP contribution in [0, 0.1) is 5.82 Å². The lowest BCUT2D eigenvalue weighted by Gasteiger charge is -2.18. The molecule has 156 valence electrons. The smallest absolute Gasteiger partial charge is 0.253 e. The zero-order chi connectivity index (χ0) is 21.5. The molecule has 0 saturated heterocycles. The second kappa shape index (κ2) is 10.0. The molecule has 0 fully saturated rings. The monoisotopic (exact) mass is 429 g/mol. The largest absolute Gasteiger partial charge is 0.467 e. The van der Waals surface area contributed by atoms with E-state index in [9.17, 15) is 14.0 Å². The first-order valence-electron chi connectivity index (χ1n) is 9.25. The van der Waals surface area contributed by atoms with E-state index < -0.39 is 5.82 Å². The summed E-state index contributed by atoms with van der Waals surface area (Å²) in [5, 5.41) is 5.80. The summed E-state index contributed by atoms with van der Waals surface area (Å²) in [7, 11) is 1.68. The van der Waals surface area contributed by atoms with Crippen LogP contribution in [0.15, 0.2) is 65.3 Å². The number of furan rings is 1. The molecule has 2 amide bonds. The number of anilines is 1. The van der Waals surface area contributed by atoms with Gasteiger partial charge in [-0.3, -0.25) is 14.5 Å². The van der Waals surface area contributed by atoms with Gasteiger partial charge in [-0.05, 0) is 43.4 Å². The maximum absolute atomic E-state index is 13.9. The van der Waals surface area contributed by atoms with Crippen molar-refractivity contribution in [3.63, 3.8) is 0 Å². The van der Waals surface area contributed by atoms with Crippen LogP contribution in [0.4, 0.5) is 10.1 Å². The van der Waals surface area contributed by atoms with Gasteiger partial charge in [0.15, 0.2) is 0 Å². The van der Waals surface area contributed by atoms with Crippen molar-refractivity contribution in [2.24, 2.45) is 0 Å². The molecule has 0 aliphatic rings. The van der Waals surface area contributed by atoms with Gasteiger partial charge in [0.1, 0.15) is 11.6 Å². The number of nitrogens with one attached hydrogen (secondary N) is 2. The minimum Gasteiger partial charge on any atom is -0.467 e. The molecular formula is C22H21ClFN3O3. The van der Waals surface area contributed by atoms with Crippen molar-refractivity contribution >= 4 is 29.1 Å². The number of likely N-dealkylation sites (N-methyl/N-ethyl adjacent to an activating group) is 1. The molecule has 30 heavy (non-hydrogen) atoms. The number of rotatable bonds is 8. The maximum Gasteiger partial charge on any atom is 0.253 e. The van der Waals surface area contributed by atoms with Crippen LogP contribution in [0.2, 0.25) is 5.02 Å². The zero-order valence-electron chi connectivity index (χ0n) is 16.3. The van der Waals surface area contributed by atoms with Crippen molar-refractivity contribution in [1.29, 1.82) is 0 Å². The molecule has 0 radical (unpaired) electrons. The normalized spacial score (nSPS) is 10.8. The summed E-state index contributed by atoms with van der Waals surface area (Å²) in [6.07, 6.45) is 1.53. The quantitative estimate of drug-likeness (QED) is 0.566. The number of amides is 2. The van der Waals surface area contributed by atoms with E-state index in [1.54, 1.807) is 54.4 Å². The van der Waals surface area contributed by atoms with Gasteiger partial charge in [-0.15, -0.1) is 0 Å². The van der Waals surface area contributed by atoms with Crippen LogP contribution in [-0.2, 0) is 17.9 Å². The number of benzene rings is 2. The Morgan fingerprint density at radius 1 is 1.10 bits per heavy atom. The summed E-state index contributed by atoms with van der Waals surface area (Å²) in [6.45, 7) is 0.400. The molecule has 3 aromatic rings. The van der Waals surface area contributed by atoms with Crippen molar-refractivity contribution in [3.8, 4) is 0 Å². The Labute approximate surface area is 178 Å². The average molecular weight is 430 g/mol. The van der Waals surface area contributed by atoms with Gasteiger partial charge in [-0.25, -0.2) is 4.39 Å². The highest BCUT2D eigenvalue weighted by Crippen LogP contribution is 2.20. The van der Waals surface area contributed by atoms with Gasteiger partial charge < -0.3 is 15.1 Å². The van der Waals surface area contributed by atoms with Gasteiger partial charge in [0.2, 0.25) is 5.91 Å². The van der Waals surface area contributed by atoms with Gasteiger partial charge in [0.25, 0.3) is 5.91 Å². The summed E-state index contributed by atoms with van der Waals surface area (Å²) in [5.41, 5.74) is 1.04. The molecule has 1 aromatic heterocycles. The Morgan fingerprint density at radius 2 is 1.90 bits per heavy atom. The second-order valence-electron chi connectivity index (χ2n) is 6.73. The fourth-order valence-electron chi connectivity index (χ4n) is 2.91. The minimum atomic E-state index is -0.423. The van der Waals surface area contributed by atoms with E-state index in [2.05, 4.69) is 10.6 Å². The lowest BCUT2D eigenvalue weighted by atomic mass is 10.1. The van der Waals surface area contributed by atoms with Gasteiger partial charge in [0, 0.05) is 17.1 Å². The van der Waals surface area contributed by atoms with E-state index >= 15 is 0 Å². The number of carbonyl (C=O) groups is 2. The molecule has 0 saturated carbocycles. The molecule has 0 spiro atoms. The first-order valence-corrected chi connectivity index (χ1v) is 9.62. The third kappa shape index (κ3) is 5.68. The third-order valence-corrected chi connectivity index (χ3v) is 4.71. The SMILES string of the molecule is CN(CC(=O)Nc1ccccc1C(=O)NCc1ccco1)Cc1c(F)cccc1Cl. The van der Waals surface area contributed by atoms with Crippen molar-refractivity contribution in [2.75, 3.05) is 18.9 Å². The lowest BCUT2D eigenvalue weighted by Crippen LogP contribution is -2.31. The fourth-order valence-corrected chi connectivity index (χ4v) is 3.13. The Hall–Kier alpha value is -3.16.